The van der Waals surface area contributed by atoms with Gasteiger partial charge in [-0.05, 0) is 20.8 Å². The van der Waals surface area contributed by atoms with Crippen molar-refractivity contribution in [1.29, 1.82) is 0 Å². The van der Waals surface area contributed by atoms with E-state index in [-0.39, 0.29) is 11.0 Å². The predicted octanol–water partition coefficient (Wildman–Crippen LogP) is 1.99. The molecule has 5 heteroatoms. The average Bonchev–Trinajstić information content (AvgIpc) is 2.29. The number of ether oxygens (including phenoxy) is 1. The van der Waals surface area contributed by atoms with Crippen molar-refractivity contribution < 1.29 is 14.3 Å². The van der Waals surface area contributed by atoms with E-state index in [2.05, 4.69) is 0 Å². The van der Waals surface area contributed by atoms with Gasteiger partial charge in [-0.3, -0.25) is 9.59 Å². The maximum Gasteiger partial charge on any atom is 0.319 e. The van der Waals surface area contributed by atoms with Crippen LogP contribution in [0.5, 0.6) is 0 Å². The Labute approximate surface area is 105 Å². The van der Waals surface area contributed by atoms with Crippen LogP contribution in [-0.2, 0) is 14.3 Å². The van der Waals surface area contributed by atoms with Crippen LogP contribution in [0, 0.1) is 5.41 Å². The summed E-state index contributed by atoms with van der Waals surface area (Å²) in [6.45, 7) is 5.39. The number of hydrogen-bond acceptors (Lipinski definition) is 5. The molecule has 1 atom stereocenters. The second-order valence-corrected chi connectivity index (χ2v) is 6.60. The highest BCUT2D eigenvalue weighted by molar-refractivity contribution is 8.07. The van der Waals surface area contributed by atoms with Crippen LogP contribution >= 0.6 is 23.5 Å². The number of carbonyl (C=O) groups is 2. The zero-order valence-electron chi connectivity index (χ0n) is 9.95. The number of carbonyl (C=O) groups excluding carboxylic acids is 2. The summed E-state index contributed by atoms with van der Waals surface area (Å²) >= 11 is 3.43. The summed E-state index contributed by atoms with van der Waals surface area (Å²) in [5.74, 6) is 2.49. The molecule has 0 N–H and O–H groups in total. The standard InChI is InChI=1S/C11H18O3S2/c1-4-14-10(13)11(2,3)9(12)8-7-15-5-6-16-8/h8H,4-7H2,1-3H3. The van der Waals surface area contributed by atoms with Crippen molar-refractivity contribution in [2.24, 2.45) is 5.41 Å². The van der Waals surface area contributed by atoms with E-state index in [0.29, 0.717) is 6.61 Å². The quantitative estimate of drug-likeness (QED) is 0.572. The highest BCUT2D eigenvalue weighted by Gasteiger charge is 2.41. The third kappa shape index (κ3) is 3.17. The van der Waals surface area contributed by atoms with Crippen molar-refractivity contribution >= 4 is 35.3 Å². The SMILES string of the molecule is CCOC(=O)C(C)(C)C(=O)C1CSCCS1. The van der Waals surface area contributed by atoms with Crippen LogP contribution in [0.1, 0.15) is 20.8 Å². The minimum absolute atomic E-state index is 0.00292. The summed E-state index contributed by atoms with van der Waals surface area (Å²) in [5.41, 5.74) is -1.01. The Bertz CT molecular complexity index is 270. The van der Waals surface area contributed by atoms with Crippen molar-refractivity contribution in [2.75, 3.05) is 23.9 Å². The first kappa shape index (κ1) is 13.9. The Kier molecular flexibility index (Phi) is 5.18. The average molecular weight is 262 g/mol. The molecule has 1 heterocycles. The van der Waals surface area contributed by atoms with E-state index in [0.717, 1.165) is 17.3 Å². The van der Waals surface area contributed by atoms with Crippen molar-refractivity contribution in [3.8, 4) is 0 Å². The Balaban J connectivity index is 2.66. The zero-order chi connectivity index (χ0) is 12.2. The summed E-state index contributed by atoms with van der Waals surface area (Å²) in [5, 5.41) is -0.0573. The van der Waals surface area contributed by atoms with E-state index in [1.165, 1.54) is 0 Å². The van der Waals surface area contributed by atoms with Gasteiger partial charge in [0.1, 0.15) is 5.41 Å². The molecule has 0 aromatic carbocycles. The van der Waals surface area contributed by atoms with Gasteiger partial charge in [-0.1, -0.05) is 0 Å². The highest BCUT2D eigenvalue weighted by Crippen LogP contribution is 2.31. The van der Waals surface area contributed by atoms with Crippen LogP contribution in [-0.4, -0.2) is 40.9 Å². The van der Waals surface area contributed by atoms with Gasteiger partial charge in [-0.25, -0.2) is 0 Å². The van der Waals surface area contributed by atoms with E-state index >= 15 is 0 Å². The van der Waals surface area contributed by atoms with Crippen LogP contribution in [0.15, 0.2) is 0 Å². The Hall–Kier alpha value is -0.160. The fraction of sp³-hybridized carbons (Fsp3) is 0.818. The summed E-state index contributed by atoms with van der Waals surface area (Å²) in [4.78, 5) is 23.9. The van der Waals surface area contributed by atoms with Gasteiger partial charge in [-0.2, -0.15) is 11.8 Å². The van der Waals surface area contributed by atoms with Crippen molar-refractivity contribution in [2.45, 2.75) is 26.0 Å². The number of Topliss-reactive ketones (excluding diaryl/α,β-unsaturated/α-hetero) is 1. The Morgan fingerprint density at radius 3 is 2.56 bits per heavy atom. The molecule has 1 saturated heterocycles. The first-order valence-electron chi connectivity index (χ1n) is 5.41. The number of hydrogen-bond donors (Lipinski definition) is 0. The molecule has 0 aromatic rings. The minimum atomic E-state index is -1.01. The largest absolute Gasteiger partial charge is 0.465 e. The van der Waals surface area contributed by atoms with E-state index in [9.17, 15) is 9.59 Å². The van der Waals surface area contributed by atoms with Crippen LogP contribution in [0.2, 0.25) is 0 Å². The molecule has 1 aliphatic rings. The van der Waals surface area contributed by atoms with Gasteiger partial charge in [0, 0.05) is 17.3 Å². The molecule has 16 heavy (non-hydrogen) atoms. The summed E-state index contributed by atoms with van der Waals surface area (Å²) < 4.78 is 4.94. The van der Waals surface area contributed by atoms with Crippen LogP contribution in [0.3, 0.4) is 0 Å². The first-order chi connectivity index (χ1) is 7.50. The molecule has 0 spiro atoms. The third-order valence-electron chi connectivity index (χ3n) is 2.51. The molecule has 1 unspecified atom stereocenters. The van der Waals surface area contributed by atoms with E-state index < -0.39 is 11.4 Å². The lowest BCUT2D eigenvalue weighted by atomic mass is 9.86. The predicted molar refractivity (Wildman–Crippen MR) is 69.0 cm³/mol. The van der Waals surface area contributed by atoms with Crippen LogP contribution < -0.4 is 0 Å². The molecule has 0 amide bonds. The van der Waals surface area contributed by atoms with Crippen molar-refractivity contribution in [3.63, 3.8) is 0 Å². The number of ketones is 1. The molecule has 1 rings (SSSR count). The van der Waals surface area contributed by atoms with Crippen LogP contribution in [0.4, 0.5) is 0 Å². The number of esters is 1. The molecule has 0 bridgehead atoms. The molecule has 1 aliphatic heterocycles. The number of thioether (sulfide) groups is 2. The molecule has 0 aliphatic carbocycles. The zero-order valence-corrected chi connectivity index (χ0v) is 11.6. The minimum Gasteiger partial charge on any atom is -0.465 e. The van der Waals surface area contributed by atoms with Crippen LogP contribution in [0.25, 0.3) is 0 Å². The fourth-order valence-corrected chi connectivity index (χ4v) is 4.25. The van der Waals surface area contributed by atoms with Gasteiger partial charge in [0.05, 0.1) is 11.9 Å². The number of rotatable bonds is 4. The molecule has 0 saturated carbocycles. The molecule has 92 valence electrons. The summed E-state index contributed by atoms with van der Waals surface area (Å²) in [6, 6.07) is 0. The molecular weight excluding hydrogens is 244 g/mol. The second kappa shape index (κ2) is 5.96. The lowest BCUT2D eigenvalue weighted by Gasteiger charge is -2.27. The molecule has 0 radical (unpaired) electrons. The Morgan fingerprint density at radius 2 is 2.06 bits per heavy atom. The van der Waals surface area contributed by atoms with E-state index in [1.54, 1.807) is 44.3 Å². The molecule has 3 nitrogen and oxygen atoms in total. The summed E-state index contributed by atoms with van der Waals surface area (Å²) in [7, 11) is 0. The maximum absolute atomic E-state index is 12.2. The van der Waals surface area contributed by atoms with Gasteiger partial charge < -0.3 is 4.74 Å². The summed E-state index contributed by atoms with van der Waals surface area (Å²) in [6.07, 6.45) is 0. The lowest BCUT2D eigenvalue weighted by molar-refractivity contribution is -0.157. The van der Waals surface area contributed by atoms with Gasteiger partial charge in [-0.15, -0.1) is 11.8 Å². The van der Waals surface area contributed by atoms with Gasteiger partial charge in [0.15, 0.2) is 5.78 Å². The fourth-order valence-electron chi connectivity index (χ4n) is 1.45. The van der Waals surface area contributed by atoms with Gasteiger partial charge in [0.2, 0.25) is 0 Å². The van der Waals surface area contributed by atoms with Gasteiger partial charge in [0.25, 0.3) is 0 Å². The second-order valence-electron chi connectivity index (χ2n) is 4.14. The monoisotopic (exact) mass is 262 g/mol. The highest BCUT2D eigenvalue weighted by atomic mass is 32.2. The van der Waals surface area contributed by atoms with Crippen molar-refractivity contribution in [1.82, 2.24) is 0 Å². The smallest absolute Gasteiger partial charge is 0.319 e. The molecular formula is C11H18O3S2. The first-order valence-corrected chi connectivity index (χ1v) is 7.61. The maximum atomic E-state index is 12.2. The van der Waals surface area contributed by atoms with Gasteiger partial charge >= 0.3 is 5.97 Å². The molecule has 1 fully saturated rings. The normalized spacial score (nSPS) is 21.6. The topological polar surface area (TPSA) is 43.4 Å². The van der Waals surface area contributed by atoms with E-state index in [1.807, 2.05) is 0 Å². The molecule has 0 aromatic heterocycles. The Morgan fingerprint density at radius 1 is 1.38 bits per heavy atom. The van der Waals surface area contributed by atoms with E-state index in [4.69, 9.17) is 4.74 Å². The lowest BCUT2D eigenvalue weighted by Crippen LogP contribution is -2.42. The third-order valence-corrected chi connectivity index (χ3v) is 5.26. The van der Waals surface area contributed by atoms with Crippen molar-refractivity contribution in [3.05, 3.63) is 0 Å².